The van der Waals surface area contributed by atoms with Crippen LogP contribution >= 0.6 is 0 Å². The number of carbonyl (C=O) groups is 1. The van der Waals surface area contributed by atoms with Gasteiger partial charge in [-0.3, -0.25) is 0 Å². The number of hydrogen-bond donors (Lipinski definition) is 1. The van der Waals surface area contributed by atoms with Crippen LogP contribution in [0.25, 0.3) is 22.3 Å². The van der Waals surface area contributed by atoms with Gasteiger partial charge in [-0.1, -0.05) is 0 Å². The highest BCUT2D eigenvalue weighted by molar-refractivity contribution is 6.65. The third kappa shape index (κ3) is 3.32. The Bertz CT molecular complexity index is 1310. The summed E-state index contributed by atoms with van der Waals surface area (Å²) in [6.45, 7) is 9.12. The lowest BCUT2D eigenvalue weighted by molar-refractivity contribution is -0.286. The summed E-state index contributed by atoms with van der Waals surface area (Å²) in [4.78, 5) is 20.8. The first kappa shape index (κ1) is 21.6. The number of alkyl halides is 2. The Morgan fingerprint density at radius 1 is 1.06 bits per heavy atom. The summed E-state index contributed by atoms with van der Waals surface area (Å²) in [6, 6.07) is 4.25. The first-order chi connectivity index (χ1) is 15.3. The summed E-state index contributed by atoms with van der Waals surface area (Å²) in [7, 11) is -0.901. The van der Waals surface area contributed by atoms with E-state index in [1.54, 1.807) is 6.92 Å². The number of carboxylic acid groups (broad SMARTS) is 1. The Morgan fingerprint density at radius 3 is 2.33 bits per heavy atom. The van der Waals surface area contributed by atoms with Gasteiger partial charge in [0.25, 0.3) is 0 Å². The fourth-order valence-electron chi connectivity index (χ4n) is 3.86. The van der Waals surface area contributed by atoms with E-state index in [0.29, 0.717) is 27.9 Å². The van der Waals surface area contributed by atoms with Crippen molar-refractivity contribution in [3.63, 3.8) is 0 Å². The summed E-state index contributed by atoms with van der Waals surface area (Å²) in [6.07, 6.45) is -3.64. The molecule has 1 N–H and O–H groups in total. The zero-order valence-corrected chi connectivity index (χ0v) is 18.5. The summed E-state index contributed by atoms with van der Waals surface area (Å²) >= 11 is 0. The van der Waals surface area contributed by atoms with Crippen LogP contribution in [0.15, 0.2) is 24.4 Å². The van der Waals surface area contributed by atoms with Crippen molar-refractivity contribution in [2.24, 2.45) is 0 Å². The van der Waals surface area contributed by atoms with Crippen molar-refractivity contribution in [2.75, 3.05) is 0 Å². The van der Waals surface area contributed by atoms with Gasteiger partial charge < -0.3 is 23.9 Å². The number of benzene rings is 1. The van der Waals surface area contributed by atoms with Gasteiger partial charge in [0, 0.05) is 22.6 Å². The second-order valence-electron chi connectivity index (χ2n) is 8.97. The highest BCUT2D eigenvalue weighted by Crippen LogP contribution is 2.44. The molecule has 172 valence electrons. The van der Waals surface area contributed by atoms with Crippen LogP contribution in [-0.4, -0.2) is 50.3 Å². The van der Waals surface area contributed by atoms with Crippen LogP contribution in [0.3, 0.4) is 0 Å². The molecule has 0 bridgehead atoms. The van der Waals surface area contributed by atoms with E-state index in [4.69, 9.17) is 9.31 Å². The highest BCUT2D eigenvalue weighted by atomic mass is 19.3. The molecule has 2 aliphatic heterocycles. The molecule has 1 fully saturated rings. The molecule has 1 saturated heterocycles. The third-order valence-electron chi connectivity index (χ3n) is 6.17. The van der Waals surface area contributed by atoms with E-state index in [-0.39, 0.29) is 17.1 Å². The van der Waals surface area contributed by atoms with Gasteiger partial charge in [-0.2, -0.15) is 0 Å². The molecule has 0 unspecified atom stereocenters. The van der Waals surface area contributed by atoms with E-state index < -0.39 is 30.7 Å². The van der Waals surface area contributed by atoms with Crippen LogP contribution in [-0.2, 0) is 9.31 Å². The van der Waals surface area contributed by atoms with Crippen molar-refractivity contribution in [2.45, 2.75) is 52.1 Å². The number of fused-ring (bicyclic) bond motifs is 2. The molecule has 9 nitrogen and oxygen atoms in total. The molecule has 2 aliphatic rings. The van der Waals surface area contributed by atoms with Crippen molar-refractivity contribution in [1.82, 2.24) is 14.5 Å². The summed E-state index contributed by atoms with van der Waals surface area (Å²) in [5.74, 6) is 0.0263. The number of ether oxygens (including phenoxy) is 2. The van der Waals surface area contributed by atoms with E-state index in [1.807, 2.05) is 27.7 Å². The van der Waals surface area contributed by atoms with Crippen LogP contribution in [0, 0.1) is 6.92 Å². The van der Waals surface area contributed by atoms with Gasteiger partial charge in [0.1, 0.15) is 5.82 Å². The third-order valence-corrected chi connectivity index (χ3v) is 6.17. The minimum Gasteiger partial charge on any atom is -0.464 e. The second-order valence-corrected chi connectivity index (χ2v) is 8.97. The molecule has 12 heteroatoms. The number of halogens is 2. The van der Waals surface area contributed by atoms with Crippen molar-refractivity contribution < 1.29 is 37.5 Å². The number of rotatable bonds is 2. The van der Waals surface area contributed by atoms with E-state index >= 15 is 0 Å². The lowest BCUT2D eigenvalue weighted by atomic mass is 9.78. The summed E-state index contributed by atoms with van der Waals surface area (Å²) in [5, 5.41) is 10.1. The maximum absolute atomic E-state index is 13.5. The lowest BCUT2D eigenvalue weighted by Gasteiger charge is -2.32. The quantitative estimate of drug-likeness (QED) is 0.581. The monoisotopic (exact) mass is 459 g/mol. The molecule has 3 aromatic rings. The molecule has 0 spiro atoms. The molecule has 4 heterocycles. The van der Waals surface area contributed by atoms with Gasteiger partial charge >= 0.3 is 19.5 Å². The standard InChI is InChI=1S/C21H20BF2N3O6/c1-10-25-16(11-6-7-13-14(8-11)31-21(23,24)30-13)15-12(9-27(18(28)29)17(15)26-10)22-32-19(2,3)20(4,5)33-22/h6-9H,1-5H3,(H,28,29). The fraction of sp³-hybridized carbons (Fsp3) is 0.381. The average Bonchev–Trinajstić information content (AvgIpc) is 3.27. The molecular formula is C21H20BF2N3O6. The molecule has 0 atom stereocenters. The van der Waals surface area contributed by atoms with Gasteiger partial charge in [0.15, 0.2) is 17.1 Å². The Hall–Kier alpha value is -3.25. The van der Waals surface area contributed by atoms with Crippen LogP contribution in [0.2, 0.25) is 0 Å². The smallest absolute Gasteiger partial charge is 0.464 e. The first-order valence-corrected chi connectivity index (χ1v) is 10.2. The van der Waals surface area contributed by atoms with E-state index in [1.165, 1.54) is 24.4 Å². The SMILES string of the molecule is Cc1nc(-c2ccc3c(c2)OC(F)(F)O3)c2c(B3OC(C)(C)C(C)(C)O3)cn(C(=O)O)c2n1. The zero-order chi connectivity index (χ0) is 23.9. The molecule has 2 aromatic heterocycles. The van der Waals surface area contributed by atoms with Gasteiger partial charge in [-0.25, -0.2) is 19.3 Å². The fourth-order valence-corrected chi connectivity index (χ4v) is 3.86. The molecule has 33 heavy (non-hydrogen) atoms. The van der Waals surface area contributed by atoms with E-state index in [0.717, 1.165) is 4.57 Å². The van der Waals surface area contributed by atoms with Crippen LogP contribution in [0.4, 0.5) is 13.6 Å². The summed E-state index contributed by atoms with van der Waals surface area (Å²) in [5.41, 5.74) is -0.0893. The molecule has 0 aliphatic carbocycles. The Labute approximate surface area is 187 Å². The predicted octanol–water partition coefficient (Wildman–Crippen LogP) is 3.55. The molecule has 5 rings (SSSR count). The Morgan fingerprint density at radius 2 is 1.70 bits per heavy atom. The molecule has 0 radical (unpaired) electrons. The number of aryl methyl sites for hydroxylation is 1. The van der Waals surface area contributed by atoms with Crippen molar-refractivity contribution >= 4 is 29.7 Å². The number of nitrogens with zero attached hydrogens (tertiary/aromatic N) is 3. The van der Waals surface area contributed by atoms with Gasteiger partial charge in [-0.15, -0.1) is 8.78 Å². The normalized spacial score (nSPS) is 19.9. The highest BCUT2D eigenvalue weighted by Gasteiger charge is 2.53. The van der Waals surface area contributed by atoms with Crippen LogP contribution in [0.5, 0.6) is 11.5 Å². The van der Waals surface area contributed by atoms with Crippen LogP contribution < -0.4 is 14.9 Å². The predicted molar refractivity (Wildman–Crippen MR) is 113 cm³/mol. The largest absolute Gasteiger partial charge is 0.586 e. The maximum atomic E-state index is 13.5. The lowest BCUT2D eigenvalue weighted by Crippen LogP contribution is -2.41. The maximum Gasteiger partial charge on any atom is 0.586 e. The first-order valence-electron chi connectivity index (χ1n) is 10.2. The van der Waals surface area contributed by atoms with Gasteiger partial charge in [0.05, 0.1) is 16.9 Å². The molecule has 0 amide bonds. The molecular weight excluding hydrogens is 439 g/mol. The van der Waals surface area contributed by atoms with Crippen molar-refractivity contribution in [3.05, 3.63) is 30.2 Å². The molecule has 0 saturated carbocycles. The number of hydrogen-bond acceptors (Lipinski definition) is 7. The zero-order valence-electron chi connectivity index (χ0n) is 18.5. The minimum absolute atomic E-state index is 0.111. The molecule has 1 aromatic carbocycles. The van der Waals surface area contributed by atoms with Crippen molar-refractivity contribution in [3.8, 4) is 22.8 Å². The minimum atomic E-state index is -3.77. The van der Waals surface area contributed by atoms with Gasteiger partial charge in [-0.05, 0) is 52.8 Å². The number of aromatic nitrogens is 3. The van der Waals surface area contributed by atoms with Crippen LogP contribution in [0.1, 0.15) is 33.5 Å². The second kappa shape index (κ2) is 6.64. The Kier molecular flexibility index (Phi) is 4.35. The van der Waals surface area contributed by atoms with Gasteiger partial charge in [0.2, 0.25) is 0 Å². The van der Waals surface area contributed by atoms with E-state index in [2.05, 4.69) is 19.4 Å². The topological polar surface area (TPSA) is 105 Å². The van der Waals surface area contributed by atoms with Crippen molar-refractivity contribution in [1.29, 1.82) is 0 Å². The summed E-state index contributed by atoms with van der Waals surface area (Å²) < 4.78 is 49.4. The van der Waals surface area contributed by atoms with E-state index in [9.17, 15) is 18.7 Å². The Balaban J connectivity index is 1.74. The average molecular weight is 459 g/mol.